The van der Waals surface area contributed by atoms with E-state index in [1.807, 2.05) is 61.7 Å². The molecule has 0 aliphatic heterocycles. The molecule has 0 fully saturated rings. The molecule has 4 aromatic rings. The van der Waals surface area contributed by atoms with Crippen LogP contribution in [0.3, 0.4) is 0 Å². The van der Waals surface area contributed by atoms with Gasteiger partial charge in [-0.15, -0.1) is 11.8 Å². The number of nitrogens with one attached hydrogen (secondary N) is 1. The molecule has 1 amide bonds. The predicted molar refractivity (Wildman–Crippen MR) is 145 cm³/mol. The van der Waals surface area contributed by atoms with Crippen molar-refractivity contribution < 1.29 is 9.53 Å². The van der Waals surface area contributed by atoms with E-state index in [4.69, 9.17) is 9.84 Å². The average Bonchev–Trinajstić information content (AvgIpc) is 3.33. The quantitative estimate of drug-likeness (QED) is 0.161. The molecule has 4 rings (SSSR count). The molecule has 1 aromatic heterocycles. The number of nitrogens with zero attached hydrogens (tertiary/aromatic N) is 3. The Hall–Kier alpha value is -4.28. The van der Waals surface area contributed by atoms with Crippen LogP contribution in [0, 0.1) is 11.3 Å². The van der Waals surface area contributed by atoms with E-state index in [9.17, 15) is 10.1 Å². The molecule has 0 spiro atoms. The summed E-state index contributed by atoms with van der Waals surface area (Å²) in [7, 11) is 0. The van der Waals surface area contributed by atoms with Gasteiger partial charge in [0, 0.05) is 27.9 Å². The Morgan fingerprint density at radius 1 is 1.06 bits per heavy atom. The highest BCUT2D eigenvalue weighted by Gasteiger charge is 2.15. The predicted octanol–water partition coefficient (Wildman–Crippen LogP) is 6.60. The first kappa shape index (κ1) is 24.8. The number of aromatic nitrogens is 2. The van der Waals surface area contributed by atoms with E-state index in [-0.39, 0.29) is 5.57 Å². The lowest BCUT2D eigenvalue weighted by Gasteiger charge is -2.07. The van der Waals surface area contributed by atoms with E-state index in [0.717, 1.165) is 17.0 Å². The van der Waals surface area contributed by atoms with Crippen molar-refractivity contribution >= 4 is 29.4 Å². The summed E-state index contributed by atoms with van der Waals surface area (Å²) in [5.41, 5.74) is 3.71. The molecule has 0 unspecified atom stereocenters. The zero-order chi connectivity index (χ0) is 25.3. The van der Waals surface area contributed by atoms with Crippen LogP contribution in [-0.2, 0) is 4.79 Å². The van der Waals surface area contributed by atoms with Crippen LogP contribution in [-0.4, -0.2) is 28.0 Å². The van der Waals surface area contributed by atoms with Gasteiger partial charge in [-0.1, -0.05) is 37.3 Å². The smallest absolute Gasteiger partial charge is 0.266 e. The number of amides is 1. The van der Waals surface area contributed by atoms with Crippen LogP contribution < -0.4 is 10.1 Å². The van der Waals surface area contributed by atoms with Crippen LogP contribution in [0.4, 0.5) is 5.69 Å². The van der Waals surface area contributed by atoms with Crippen LogP contribution in [0.2, 0.25) is 0 Å². The van der Waals surface area contributed by atoms with Crippen molar-refractivity contribution in [2.24, 2.45) is 0 Å². The molecular weight excluding hydrogens is 468 g/mol. The number of carbonyl (C=O) groups excluding carboxylic acids is 1. The average molecular weight is 495 g/mol. The minimum absolute atomic E-state index is 0.0177. The van der Waals surface area contributed by atoms with Gasteiger partial charge < -0.3 is 10.1 Å². The van der Waals surface area contributed by atoms with Crippen LogP contribution >= 0.6 is 11.8 Å². The van der Waals surface area contributed by atoms with E-state index in [1.165, 1.54) is 4.90 Å². The van der Waals surface area contributed by atoms with Crippen molar-refractivity contribution in [3.63, 3.8) is 0 Å². The highest BCUT2D eigenvalue weighted by molar-refractivity contribution is 7.99. The zero-order valence-electron chi connectivity index (χ0n) is 20.1. The van der Waals surface area contributed by atoms with Crippen molar-refractivity contribution in [2.75, 3.05) is 17.7 Å². The van der Waals surface area contributed by atoms with Gasteiger partial charge in [0.2, 0.25) is 0 Å². The molecule has 3 aromatic carbocycles. The molecule has 0 saturated carbocycles. The molecule has 0 aliphatic rings. The molecule has 36 heavy (non-hydrogen) atoms. The third-order valence-corrected chi connectivity index (χ3v) is 6.18. The van der Waals surface area contributed by atoms with Crippen molar-refractivity contribution in [1.29, 1.82) is 5.26 Å². The Balaban J connectivity index is 1.68. The Kier molecular flexibility index (Phi) is 8.22. The van der Waals surface area contributed by atoms with Crippen LogP contribution in [0.15, 0.2) is 95.5 Å². The molecule has 0 saturated heterocycles. The molecule has 0 aliphatic carbocycles. The number of ether oxygens (including phenoxy) is 1. The minimum atomic E-state index is -0.491. The second kappa shape index (κ2) is 11.9. The molecule has 180 valence electrons. The monoisotopic (exact) mass is 494 g/mol. The number of carbonyl (C=O) groups is 1. The number of benzene rings is 3. The molecule has 7 heteroatoms. The van der Waals surface area contributed by atoms with Crippen molar-refractivity contribution in [3.05, 3.63) is 96.2 Å². The molecule has 0 radical (unpaired) electrons. The van der Waals surface area contributed by atoms with Gasteiger partial charge >= 0.3 is 0 Å². The normalized spacial score (nSPS) is 11.1. The number of anilines is 1. The topological polar surface area (TPSA) is 79.9 Å². The second-order valence-electron chi connectivity index (χ2n) is 7.75. The van der Waals surface area contributed by atoms with E-state index in [0.29, 0.717) is 29.3 Å². The van der Waals surface area contributed by atoms with Gasteiger partial charge in [0.1, 0.15) is 17.4 Å². The first-order valence-corrected chi connectivity index (χ1v) is 12.6. The van der Waals surface area contributed by atoms with Crippen LogP contribution in [0.5, 0.6) is 5.75 Å². The van der Waals surface area contributed by atoms with E-state index in [2.05, 4.69) is 24.4 Å². The Bertz CT molecular complexity index is 1390. The summed E-state index contributed by atoms with van der Waals surface area (Å²) < 4.78 is 7.20. The first-order chi connectivity index (χ1) is 17.6. The number of hydrogen-bond donors (Lipinski definition) is 1. The standard InChI is InChI=1S/C29H26N4O2S/c1-3-35-26-14-12-24(13-15-26)31-29(34)22(19-30)18-23-20-33(25-8-6-5-7-9-25)32-28(23)21-10-16-27(17-11-21)36-4-2/h5-18,20H,3-4H2,1-2H3,(H,31,34)/b22-18-. The third-order valence-electron chi connectivity index (χ3n) is 5.29. The van der Waals surface area contributed by atoms with Crippen LogP contribution in [0.25, 0.3) is 23.0 Å². The lowest BCUT2D eigenvalue weighted by Crippen LogP contribution is -2.13. The fraction of sp³-hybridized carbons (Fsp3) is 0.138. The summed E-state index contributed by atoms with van der Waals surface area (Å²) in [5.74, 6) is 1.22. The minimum Gasteiger partial charge on any atom is -0.494 e. The maximum Gasteiger partial charge on any atom is 0.266 e. The maximum atomic E-state index is 12.9. The lowest BCUT2D eigenvalue weighted by molar-refractivity contribution is -0.112. The van der Waals surface area contributed by atoms with Gasteiger partial charge in [-0.3, -0.25) is 4.79 Å². The van der Waals surface area contributed by atoms with Crippen molar-refractivity contribution in [1.82, 2.24) is 9.78 Å². The molecule has 0 bridgehead atoms. The number of nitriles is 1. The summed E-state index contributed by atoms with van der Waals surface area (Å²) in [4.78, 5) is 14.1. The lowest BCUT2D eigenvalue weighted by atomic mass is 10.1. The van der Waals surface area contributed by atoms with E-state index >= 15 is 0 Å². The Morgan fingerprint density at radius 2 is 1.78 bits per heavy atom. The van der Waals surface area contributed by atoms with Crippen molar-refractivity contribution in [3.8, 4) is 28.8 Å². The van der Waals surface area contributed by atoms with Crippen LogP contribution in [0.1, 0.15) is 19.4 Å². The summed E-state index contributed by atoms with van der Waals surface area (Å²) in [6.07, 6.45) is 3.42. The number of para-hydroxylation sites is 1. The number of hydrogen-bond acceptors (Lipinski definition) is 5. The van der Waals surface area contributed by atoms with Crippen molar-refractivity contribution in [2.45, 2.75) is 18.7 Å². The third kappa shape index (κ3) is 6.04. The SMILES string of the molecule is CCOc1ccc(NC(=O)/C(C#N)=C\c2cn(-c3ccccc3)nc2-c2ccc(SCC)cc2)cc1. The van der Waals surface area contributed by atoms with E-state index < -0.39 is 5.91 Å². The zero-order valence-corrected chi connectivity index (χ0v) is 21.0. The molecule has 1 N–H and O–H groups in total. The van der Waals surface area contributed by atoms with Gasteiger partial charge in [0.05, 0.1) is 18.0 Å². The second-order valence-corrected chi connectivity index (χ2v) is 9.09. The summed E-state index contributed by atoms with van der Waals surface area (Å²) in [6, 6.07) is 26.9. The highest BCUT2D eigenvalue weighted by Crippen LogP contribution is 2.28. The van der Waals surface area contributed by atoms with Gasteiger partial charge in [-0.05, 0) is 67.3 Å². The Labute approximate surface area is 215 Å². The molecule has 1 heterocycles. The van der Waals surface area contributed by atoms with Gasteiger partial charge in [-0.25, -0.2) is 4.68 Å². The molecular formula is C29H26N4O2S. The highest BCUT2D eigenvalue weighted by atomic mass is 32.2. The maximum absolute atomic E-state index is 12.9. The fourth-order valence-electron chi connectivity index (χ4n) is 3.61. The largest absolute Gasteiger partial charge is 0.494 e. The number of thioether (sulfide) groups is 1. The summed E-state index contributed by atoms with van der Waals surface area (Å²) in [6.45, 7) is 4.59. The van der Waals surface area contributed by atoms with E-state index in [1.54, 1.807) is 46.8 Å². The van der Waals surface area contributed by atoms with Gasteiger partial charge in [0.15, 0.2) is 0 Å². The first-order valence-electron chi connectivity index (χ1n) is 11.7. The molecule has 6 nitrogen and oxygen atoms in total. The molecule has 0 atom stereocenters. The fourth-order valence-corrected chi connectivity index (χ4v) is 4.27. The summed E-state index contributed by atoms with van der Waals surface area (Å²) in [5, 5.41) is 17.4. The Morgan fingerprint density at radius 3 is 2.42 bits per heavy atom. The van der Waals surface area contributed by atoms with Gasteiger partial charge in [0.25, 0.3) is 5.91 Å². The van der Waals surface area contributed by atoms with Gasteiger partial charge in [-0.2, -0.15) is 10.4 Å². The number of rotatable bonds is 9. The summed E-state index contributed by atoms with van der Waals surface area (Å²) >= 11 is 1.77.